The topological polar surface area (TPSA) is 120 Å². The molecule has 9 heteroatoms. The highest BCUT2D eigenvalue weighted by Gasteiger charge is 2.50. The molecule has 2 aliphatic heterocycles. The van der Waals surface area contributed by atoms with E-state index >= 15 is 0 Å². The van der Waals surface area contributed by atoms with Gasteiger partial charge in [0.2, 0.25) is 5.95 Å². The van der Waals surface area contributed by atoms with Gasteiger partial charge < -0.3 is 20.1 Å². The molecule has 0 bridgehead atoms. The number of aromatic nitrogens is 2. The summed E-state index contributed by atoms with van der Waals surface area (Å²) < 4.78 is 4.64. The van der Waals surface area contributed by atoms with Gasteiger partial charge in [-0.3, -0.25) is 15.0 Å². The second-order valence-corrected chi connectivity index (χ2v) is 9.41. The average Bonchev–Trinajstić information content (AvgIpc) is 3.44. The molecule has 1 fully saturated rings. The zero-order chi connectivity index (χ0) is 25.6. The molecule has 1 saturated heterocycles. The molecule has 1 atom stereocenters. The largest absolute Gasteiger partial charge is 0.453 e. The summed E-state index contributed by atoms with van der Waals surface area (Å²) in [6.45, 7) is 1.92. The smallest absolute Gasteiger partial charge is 0.413 e. The van der Waals surface area contributed by atoms with Gasteiger partial charge in [0, 0.05) is 22.4 Å². The third-order valence-electron chi connectivity index (χ3n) is 7.29. The lowest BCUT2D eigenvalue weighted by Crippen LogP contribution is -2.45. The molecule has 9 nitrogen and oxygen atoms in total. The molecule has 4 N–H and O–H groups in total. The first-order chi connectivity index (χ1) is 18.0. The Hall–Kier alpha value is -4.21. The van der Waals surface area contributed by atoms with Crippen molar-refractivity contribution in [2.75, 3.05) is 30.4 Å². The molecule has 3 heterocycles. The zero-order valence-corrected chi connectivity index (χ0v) is 20.3. The van der Waals surface area contributed by atoms with Crippen LogP contribution in [0.1, 0.15) is 45.8 Å². The van der Waals surface area contributed by atoms with Crippen molar-refractivity contribution in [2.24, 2.45) is 0 Å². The van der Waals surface area contributed by atoms with E-state index in [1.54, 1.807) is 36.4 Å². The van der Waals surface area contributed by atoms with Gasteiger partial charge in [-0.15, -0.1) is 0 Å². The van der Waals surface area contributed by atoms with Gasteiger partial charge in [0.25, 0.3) is 5.91 Å². The summed E-state index contributed by atoms with van der Waals surface area (Å²) in [7, 11) is 1.27. The minimum atomic E-state index is -1.74. The number of fused-ring (bicyclic) bond motifs is 2. The maximum absolute atomic E-state index is 13.8. The summed E-state index contributed by atoms with van der Waals surface area (Å²) in [6, 6.07) is 20.3. The van der Waals surface area contributed by atoms with Gasteiger partial charge in [0.15, 0.2) is 5.72 Å². The second kappa shape index (κ2) is 9.02. The number of ether oxygens (including phenoxy) is 1. The van der Waals surface area contributed by atoms with E-state index in [-0.39, 0.29) is 11.9 Å². The van der Waals surface area contributed by atoms with Crippen LogP contribution in [0.2, 0.25) is 0 Å². The number of methoxy groups -OCH3 is 1. The Balaban J connectivity index is 1.46. The maximum atomic E-state index is 13.8. The molecule has 2 amide bonds. The highest BCUT2D eigenvalue weighted by atomic mass is 16.5. The van der Waals surface area contributed by atoms with Crippen LogP contribution in [-0.4, -0.2) is 47.3 Å². The first-order valence-electron chi connectivity index (χ1n) is 12.3. The number of amides is 2. The van der Waals surface area contributed by atoms with Crippen LogP contribution in [-0.2, 0) is 10.5 Å². The van der Waals surface area contributed by atoms with E-state index in [4.69, 9.17) is 0 Å². The van der Waals surface area contributed by atoms with Crippen LogP contribution >= 0.6 is 0 Å². The summed E-state index contributed by atoms with van der Waals surface area (Å²) in [6.07, 6.45) is 1.41. The highest BCUT2D eigenvalue weighted by molar-refractivity contribution is 6.12. The molecule has 188 valence electrons. The van der Waals surface area contributed by atoms with E-state index in [1.165, 1.54) is 12.0 Å². The van der Waals surface area contributed by atoms with Crippen LogP contribution in [0.5, 0.6) is 0 Å². The standard InChI is InChI=1S/C28H27N5O4/c1-37-27(35)32-26-30-23-10-9-19(16-24(23)31-26)28(36)22-8-3-2-7-21(22)25(34)33(28)20-6-4-5-18(15-20)17-11-13-29-14-12-17/h2-10,15-17,29,36H,11-14H2,1H3,(H2,30,31,32,35). The first kappa shape index (κ1) is 23.2. The minimum absolute atomic E-state index is 0.223. The number of hydrogen-bond acceptors (Lipinski definition) is 6. The first-order valence-corrected chi connectivity index (χ1v) is 12.3. The van der Waals surface area contributed by atoms with Crippen LogP contribution in [0.15, 0.2) is 66.7 Å². The van der Waals surface area contributed by atoms with Crippen LogP contribution in [0.25, 0.3) is 11.0 Å². The van der Waals surface area contributed by atoms with E-state index in [1.807, 2.05) is 24.3 Å². The number of nitrogens with zero attached hydrogens (tertiary/aromatic N) is 2. The second-order valence-electron chi connectivity index (χ2n) is 9.41. The Morgan fingerprint density at radius 1 is 1.11 bits per heavy atom. The number of carbonyl (C=O) groups excluding carboxylic acids is 2. The summed E-state index contributed by atoms with van der Waals surface area (Å²) in [5.74, 6) is 0.357. The normalized spacial score (nSPS) is 19.7. The van der Waals surface area contributed by atoms with Gasteiger partial charge in [-0.05, 0) is 67.7 Å². The fourth-order valence-corrected chi connectivity index (χ4v) is 5.46. The van der Waals surface area contributed by atoms with E-state index < -0.39 is 11.8 Å². The number of aliphatic hydroxyl groups is 1. The van der Waals surface area contributed by atoms with Crippen molar-refractivity contribution in [1.82, 2.24) is 15.3 Å². The number of anilines is 2. The van der Waals surface area contributed by atoms with E-state index in [0.717, 1.165) is 31.5 Å². The number of benzene rings is 3. The van der Waals surface area contributed by atoms with Gasteiger partial charge in [-0.1, -0.05) is 36.4 Å². The van der Waals surface area contributed by atoms with Crippen molar-refractivity contribution in [3.05, 3.63) is 89.0 Å². The molecule has 0 spiro atoms. The molecule has 2 aliphatic rings. The number of piperidine rings is 1. The van der Waals surface area contributed by atoms with Gasteiger partial charge in [-0.25, -0.2) is 9.78 Å². The monoisotopic (exact) mass is 497 g/mol. The molecule has 1 aromatic heterocycles. The van der Waals surface area contributed by atoms with Crippen molar-refractivity contribution in [3.8, 4) is 0 Å². The molecule has 0 radical (unpaired) electrons. The number of imidazole rings is 1. The molecule has 0 aliphatic carbocycles. The summed E-state index contributed by atoms with van der Waals surface area (Å²) in [5, 5.41) is 18.3. The number of aromatic amines is 1. The van der Waals surface area contributed by atoms with Gasteiger partial charge in [0.05, 0.1) is 18.1 Å². The third kappa shape index (κ3) is 3.83. The zero-order valence-electron chi connectivity index (χ0n) is 20.3. The van der Waals surface area contributed by atoms with Crippen molar-refractivity contribution in [2.45, 2.75) is 24.5 Å². The third-order valence-corrected chi connectivity index (χ3v) is 7.29. The maximum Gasteiger partial charge on any atom is 0.413 e. The minimum Gasteiger partial charge on any atom is -0.453 e. The summed E-state index contributed by atoms with van der Waals surface area (Å²) in [4.78, 5) is 34.3. The number of carbonyl (C=O) groups is 2. The SMILES string of the molecule is COC(=O)Nc1nc2ccc(C3(O)c4ccccc4C(=O)N3c3cccc(C4CCNCC4)c3)cc2[nH]1. The number of hydrogen-bond donors (Lipinski definition) is 4. The molecule has 3 aromatic carbocycles. The van der Waals surface area contributed by atoms with Crippen LogP contribution < -0.4 is 15.5 Å². The lowest BCUT2D eigenvalue weighted by atomic mass is 9.89. The summed E-state index contributed by atoms with van der Waals surface area (Å²) >= 11 is 0. The number of nitrogens with one attached hydrogen (secondary N) is 3. The average molecular weight is 498 g/mol. The molecular weight excluding hydrogens is 470 g/mol. The van der Waals surface area contributed by atoms with Crippen molar-refractivity contribution >= 4 is 34.7 Å². The van der Waals surface area contributed by atoms with Crippen LogP contribution in [0.3, 0.4) is 0 Å². The molecule has 6 rings (SSSR count). The number of H-pyrrole nitrogens is 1. The van der Waals surface area contributed by atoms with Gasteiger partial charge in [-0.2, -0.15) is 0 Å². The number of rotatable bonds is 4. The molecule has 37 heavy (non-hydrogen) atoms. The van der Waals surface area contributed by atoms with Crippen molar-refractivity contribution in [1.29, 1.82) is 0 Å². The Kier molecular flexibility index (Phi) is 5.66. The van der Waals surface area contributed by atoms with Crippen LogP contribution in [0.4, 0.5) is 16.4 Å². The van der Waals surface area contributed by atoms with Crippen molar-refractivity contribution in [3.63, 3.8) is 0 Å². The van der Waals surface area contributed by atoms with E-state index in [9.17, 15) is 14.7 Å². The van der Waals surface area contributed by atoms with Gasteiger partial charge in [0.1, 0.15) is 0 Å². The molecule has 4 aromatic rings. The quantitative estimate of drug-likeness (QED) is 0.338. The molecule has 0 saturated carbocycles. The van der Waals surface area contributed by atoms with Crippen LogP contribution in [0, 0.1) is 0 Å². The Bertz CT molecular complexity index is 1510. The Morgan fingerprint density at radius 3 is 2.73 bits per heavy atom. The Labute approximate surface area is 213 Å². The molecule has 1 unspecified atom stereocenters. The predicted octanol–water partition coefficient (Wildman–Crippen LogP) is 4.06. The van der Waals surface area contributed by atoms with Gasteiger partial charge >= 0.3 is 6.09 Å². The molecular formula is C28H27N5O4. The highest BCUT2D eigenvalue weighted by Crippen LogP contribution is 2.46. The predicted molar refractivity (Wildman–Crippen MR) is 140 cm³/mol. The van der Waals surface area contributed by atoms with Crippen molar-refractivity contribution < 1.29 is 19.4 Å². The lowest BCUT2D eigenvalue weighted by molar-refractivity contribution is 0.0704. The lowest BCUT2D eigenvalue weighted by Gasteiger charge is -2.35. The fraction of sp³-hybridized carbons (Fsp3) is 0.250. The Morgan fingerprint density at radius 2 is 1.92 bits per heavy atom. The fourth-order valence-electron chi connectivity index (χ4n) is 5.46. The van der Waals surface area contributed by atoms with E-state index in [2.05, 4.69) is 31.4 Å². The summed E-state index contributed by atoms with van der Waals surface area (Å²) in [5.41, 5.74) is 2.71. The van der Waals surface area contributed by atoms with E-state index in [0.29, 0.717) is 39.3 Å².